The number of anilines is 1. The van der Waals surface area contributed by atoms with Gasteiger partial charge in [0.15, 0.2) is 0 Å². The molecule has 3 atom stereocenters. The Labute approximate surface area is 415 Å². The molecule has 0 saturated carbocycles. The number of nitrogens with one attached hydrogen (secondary N) is 3. The van der Waals surface area contributed by atoms with E-state index in [1.165, 1.54) is 35.3 Å². The third kappa shape index (κ3) is 12.2. The Hall–Kier alpha value is -6.95. The maximum Gasteiger partial charge on any atom is 0.324 e. The minimum absolute atomic E-state index is 0.0274. The van der Waals surface area contributed by atoms with Gasteiger partial charge >= 0.3 is 5.97 Å². The van der Waals surface area contributed by atoms with Crippen LogP contribution in [0.5, 0.6) is 5.75 Å². The average molecular weight is 970 g/mol. The van der Waals surface area contributed by atoms with E-state index in [4.69, 9.17) is 14.5 Å². The number of aryl methyl sites for hydroxylation is 1. The molecule has 4 amide bonds. The first-order valence-corrected chi connectivity index (χ1v) is 24.2. The van der Waals surface area contributed by atoms with Crippen molar-refractivity contribution in [2.75, 3.05) is 53.3 Å². The monoisotopic (exact) mass is 970 g/mol. The number of methoxy groups -OCH3 is 1. The summed E-state index contributed by atoms with van der Waals surface area (Å²) < 4.78 is 14.0. The van der Waals surface area contributed by atoms with Crippen molar-refractivity contribution < 1.29 is 38.6 Å². The predicted octanol–water partition coefficient (Wildman–Crippen LogP) is 6.14. The van der Waals surface area contributed by atoms with Gasteiger partial charge in [0.25, 0.3) is 11.8 Å². The van der Waals surface area contributed by atoms with Crippen LogP contribution in [-0.2, 0) is 54.6 Å². The molecule has 376 valence electrons. The fourth-order valence-electron chi connectivity index (χ4n) is 9.56. The molecule has 6 bridgehead atoms. The highest BCUT2D eigenvalue weighted by molar-refractivity contribution is 6.00. The summed E-state index contributed by atoms with van der Waals surface area (Å²) in [7, 11) is 6.94. The van der Waals surface area contributed by atoms with E-state index >= 15 is 0 Å². The van der Waals surface area contributed by atoms with Crippen molar-refractivity contribution in [2.45, 2.75) is 91.6 Å². The van der Waals surface area contributed by atoms with Gasteiger partial charge in [-0.2, -0.15) is 0 Å². The quantitative estimate of drug-likeness (QED) is 0.0778. The number of aromatic hydroxyl groups is 1. The van der Waals surface area contributed by atoms with E-state index in [9.17, 15) is 29.1 Å². The molecule has 71 heavy (non-hydrogen) atoms. The van der Waals surface area contributed by atoms with Crippen molar-refractivity contribution in [1.82, 2.24) is 40.1 Å². The van der Waals surface area contributed by atoms with Gasteiger partial charge < -0.3 is 39.6 Å². The van der Waals surface area contributed by atoms with E-state index in [-0.39, 0.29) is 36.9 Å². The van der Waals surface area contributed by atoms with Crippen molar-refractivity contribution in [3.63, 3.8) is 0 Å². The van der Waals surface area contributed by atoms with Crippen molar-refractivity contribution in [3.8, 4) is 28.1 Å². The molecule has 0 spiro atoms. The number of benzene rings is 2. The summed E-state index contributed by atoms with van der Waals surface area (Å²) in [5.41, 5.74) is 9.86. The van der Waals surface area contributed by atoms with E-state index in [0.717, 1.165) is 39.0 Å². The van der Waals surface area contributed by atoms with Crippen LogP contribution in [0.15, 0.2) is 85.2 Å². The number of hydrogen-bond donors (Lipinski definition) is 4. The number of ether oxygens (including phenoxy) is 2. The molecule has 2 aromatic carbocycles. The highest BCUT2D eigenvalue weighted by Crippen LogP contribution is 2.41. The molecule has 2 aliphatic rings. The Morgan fingerprint density at radius 2 is 1.83 bits per heavy atom. The Morgan fingerprint density at radius 3 is 2.54 bits per heavy atom. The summed E-state index contributed by atoms with van der Waals surface area (Å²) in [4.78, 5) is 81.9. The van der Waals surface area contributed by atoms with E-state index in [0.29, 0.717) is 55.8 Å². The molecule has 3 aromatic heterocycles. The molecule has 17 heteroatoms. The molecule has 5 aromatic rings. The predicted molar refractivity (Wildman–Crippen MR) is 272 cm³/mol. The first-order valence-electron chi connectivity index (χ1n) is 24.2. The second-order valence-corrected chi connectivity index (χ2v) is 19.8. The van der Waals surface area contributed by atoms with Gasteiger partial charge in [-0.25, -0.2) is 10.4 Å². The van der Waals surface area contributed by atoms with Gasteiger partial charge in [0.2, 0.25) is 11.8 Å². The van der Waals surface area contributed by atoms with Crippen LogP contribution < -0.4 is 16.1 Å². The van der Waals surface area contributed by atoms with Crippen LogP contribution in [-0.4, -0.2) is 130 Å². The van der Waals surface area contributed by atoms with Gasteiger partial charge in [0.05, 0.1) is 36.5 Å². The van der Waals surface area contributed by atoms with E-state index in [1.807, 2.05) is 37.2 Å². The maximum atomic E-state index is 14.8. The first kappa shape index (κ1) is 51.9. The number of esters is 1. The molecule has 0 radical (unpaired) electrons. The van der Waals surface area contributed by atoms with Crippen LogP contribution in [0.2, 0.25) is 0 Å². The second kappa shape index (κ2) is 22.4. The van der Waals surface area contributed by atoms with Gasteiger partial charge in [0.1, 0.15) is 29.6 Å². The van der Waals surface area contributed by atoms with Gasteiger partial charge in [-0.3, -0.25) is 34.0 Å². The number of hydrogen-bond acceptors (Lipinski definition) is 12. The zero-order chi connectivity index (χ0) is 51.1. The number of cyclic esters (lactones) is 1. The summed E-state index contributed by atoms with van der Waals surface area (Å²) in [5.74, 6) is -2.92. The lowest BCUT2D eigenvalue weighted by Gasteiger charge is -2.36. The standard InChI is InChI=1S/C54H67N9O8/c1-10-62-46-20-17-35-28-40(46)41(49(62)39-14-11-21-55-45(39)31-70-9)29-54(4,5)32-71-53(69)43-15-12-23-63(59-43)52(68)44(26-34-24-36(35)27-38(64)25-34)58-50(66)48(33(2)3)61(8)51(67)42-19-18-37(30-56-42)57-47(65)16-13-22-60(6)7/h11,13-14,16-21,24-25,27-28,30,33,43-44,48,59,64H,10,12,15,22-23,26,29,31-32H2,1-9H3,(H,57,65)(H,58,66)/b16-13+/t43-,44-,48?/m0/s1. The highest BCUT2D eigenvalue weighted by atomic mass is 16.5. The highest BCUT2D eigenvalue weighted by Gasteiger charge is 2.38. The van der Waals surface area contributed by atoms with Crippen LogP contribution in [0.25, 0.3) is 33.3 Å². The smallest absolute Gasteiger partial charge is 0.324 e. The zero-order valence-electron chi connectivity index (χ0n) is 42.2. The number of likely N-dealkylation sites (N-methyl/N-ethyl adjacent to an activating group) is 2. The molecular weight excluding hydrogens is 903 g/mol. The number of rotatable bonds is 13. The van der Waals surface area contributed by atoms with Crippen LogP contribution in [0.4, 0.5) is 5.69 Å². The Morgan fingerprint density at radius 1 is 1.04 bits per heavy atom. The summed E-state index contributed by atoms with van der Waals surface area (Å²) in [6.07, 6.45) is 7.69. The summed E-state index contributed by atoms with van der Waals surface area (Å²) >= 11 is 0. The van der Waals surface area contributed by atoms with Crippen molar-refractivity contribution >= 4 is 46.2 Å². The van der Waals surface area contributed by atoms with E-state index in [1.54, 1.807) is 51.4 Å². The SMILES string of the molecule is CCn1c(-c2cccnc2COC)c2c3cc(ccc31)-c1cc(O)cc(c1)C[C@H](NC(=O)C(C(C)C)N(C)C(=O)c1ccc(NC(=O)/C=C/CN(C)C)cn1)C(=O)N1CCC[C@H](N1)C(=O)OCC(C)(C)C2. The van der Waals surface area contributed by atoms with Crippen LogP contribution >= 0.6 is 0 Å². The number of aromatic nitrogens is 3. The average Bonchev–Trinajstić information content (AvgIpc) is 3.63. The van der Waals surface area contributed by atoms with Crippen LogP contribution in [0, 0.1) is 11.3 Å². The fourth-order valence-corrected chi connectivity index (χ4v) is 9.56. The van der Waals surface area contributed by atoms with E-state index in [2.05, 4.69) is 64.6 Å². The maximum absolute atomic E-state index is 14.8. The summed E-state index contributed by atoms with van der Waals surface area (Å²) in [5, 5.41) is 19.4. The third-order valence-corrected chi connectivity index (χ3v) is 12.9. The zero-order valence-corrected chi connectivity index (χ0v) is 42.2. The Bertz CT molecular complexity index is 2800. The number of phenols is 1. The molecular formula is C54H67N9O8. The molecule has 1 unspecified atom stereocenters. The largest absolute Gasteiger partial charge is 0.508 e. The van der Waals surface area contributed by atoms with Crippen LogP contribution in [0.3, 0.4) is 0 Å². The second-order valence-electron chi connectivity index (χ2n) is 19.8. The molecule has 7 rings (SSSR count). The van der Waals surface area contributed by atoms with E-state index < -0.39 is 53.1 Å². The number of fused-ring (bicyclic) bond motifs is 6. The Kier molecular flexibility index (Phi) is 16.4. The molecule has 17 nitrogen and oxygen atoms in total. The van der Waals surface area contributed by atoms with Crippen molar-refractivity contribution in [3.05, 3.63) is 108 Å². The Balaban J connectivity index is 1.25. The molecule has 4 N–H and O–H groups in total. The van der Waals surface area contributed by atoms with Crippen LogP contribution in [0.1, 0.15) is 74.8 Å². The number of amides is 4. The molecule has 5 heterocycles. The van der Waals surface area contributed by atoms with Gasteiger partial charge in [0, 0.05) is 74.4 Å². The lowest BCUT2D eigenvalue weighted by atomic mass is 9.84. The van der Waals surface area contributed by atoms with Gasteiger partial charge in [-0.05, 0) is 117 Å². The van der Waals surface area contributed by atoms with Gasteiger partial charge in [-0.15, -0.1) is 0 Å². The minimum atomic E-state index is -1.20. The lowest BCUT2D eigenvalue weighted by molar-refractivity contribution is -0.155. The number of carbonyl (C=O) groups is 5. The van der Waals surface area contributed by atoms with Crippen molar-refractivity contribution in [2.24, 2.45) is 11.3 Å². The third-order valence-electron chi connectivity index (χ3n) is 12.9. The molecule has 0 aliphatic carbocycles. The molecule has 2 aliphatic heterocycles. The van der Waals surface area contributed by atoms with Crippen molar-refractivity contribution in [1.29, 1.82) is 0 Å². The number of nitrogens with zero attached hydrogens (tertiary/aromatic N) is 6. The minimum Gasteiger partial charge on any atom is -0.508 e. The fraction of sp³-hybridized carbons (Fsp3) is 0.426. The van der Waals surface area contributed by atoms with Gasteiger partial charge in [-0.1, -0.05) is 45.9 Å². The number of phenolic OH excluding ortho intramolecular Hbond substituents is 1. The summed E-state index contributed by atoms with van der Waals surface area (Å²) in [6.45, 7) is 11.7. The number of hydrazine groups is 1. The number of carbonyl (C=O) groups excluding carboxylic acids is 5. The normalized spacial score (nSPS) is 17.8. The lowest BCUT2D eigenvalue weighted by Crippen LogP contribution is -2.62. The molecule has 1 fully saturated rings. The number of pyridine rings is 2. The molecule has 1 saturated heterocycles. The first-order chi connectivity index (χ1) is 33.9. The topological polar surface area (TPSA) is 201 Å². The summed E-state index contributed by atoms with van der Waals surface area (Å²) in [6, 6.07) is 15.3.